The van der Waals surface area contributed by atoms with Crippen LogP contribution in [0.5, 0.6) is 0 Å². The number of aliphatic carboxylic acids is 1. The summed E-state index contributed by atoms with van der Waals surface area (Å²) >= 11 is 0. The first kappa shape index (κ1) is 25.4. The lowest BCUT2D eigenvalue weighted by Crippen LogP contribution is -2.56. The Balaban J connectivity index is 0.000000383. The van der Waals surface area contributed by atoms with E-state index < -0.39 is 22.2 Å². The van der Waals surface area contributed by atoms with Crippen LogP contribution < -0.4 is 5.32 Å². The third-order valence-electron chi connectivity index (χ3n) is 6.45. The minimum Gasteiger partial charge on any atom is -0.475 e. The van der Waals surface area contributed by atoms with Crippen molar-refractivity contribution in [1.82, 2.24) is 19.5 Å². The highest BCUT2D eigenvalue weighted by molar-refractivity contribution is 7.89. The predicted molar refractivity (Wildman–Crippen MR) is 111 cm³/mol. The first-order valence-corrected chi connectivity index (χ1v) is 12.1. The minimum atomic E-state index is -5.08. The number of aromatic nitrogens is 1. The number of alkyl halides is 3. The Labute approximate surface area is 190 Å². The molecule has 1 aromatic heterocycles. The molecule has 1 aromatic rings. The molecule has 3 fully saturated rings. The highest BCUT2D eigenvalue weighted by atomic mass is 32.2. The Bertz CT molecular complexity index is 966. The van der Waals surface area contributed by atoms with Gasteiger partial charge in [0, 0.05) is 43.8 Å². The third-order valence-corrected chi connectivity index (χ3v) is 8.27. The number of halogens is 3. The van der Waals surface area contributed by atoms with Crippen molar-refractivity contribution < 1.29 is 36.3 Å². The highest BCUT2D eigenvalue weighted by Crippen LogP contribution is 2.44. The van der Waals surface area contributed by atoms with Crippen LogP contribution in [0.1, 0.15) is 26.2 Å². The minimum absolute atomic E-state index is 0.0560. The number of pyridine rings is 1. The molecular weight excluding hydrogens is 465 g/mol. The number of hydrogen-bond acceptors (Lipinski definition) is 6. The molecule has 0 saturated carbocycles. The quantitative estimate of drug-likeness (QED) is 0.651. The van der Waals surface area contributed by atoms with Crippen molar-refractivity contribution >= 4 is 21.9 Å². The lowest BCUT2D eigenvalue weighted by atomic mass is 9.76. The van der Waals surface area contributed by atoms with Crippen LogP contribution in [0, 0.1) is 11.8 Å². The molecule has 0 bridgehead atoms. The van der Waals surface area contributed by atoms with Crippen molar-refractivity contribution in [3.8, 4) is 0 Å². The molecule has 3 aliphatic heterocycles. The molecule has 0 radical (unpaired) electrons. The summed E-state index contributed by atoms with van der Waals surface area (Å²) in [5, 5.41) is 10.5. The fourth-order valence-electron chi connectivity index (χ4n) is 4.89. The predicted octanol–water partition coefficient (Wildman–Crippen LogP) is 1.33. The highest BCUT2D eigenvalue weighted by Gasteiger charge is 2.57. The number of likely N-dealkylation sites (tertiary alicyclic amines) is 1. The van der Waals surface area contributed by atoms with Crippen LogP contribution in [-0.4, -0.2) is 84.0 Å². The smallest absolute Gasteiger partial charge is 0.475 e. The molecule has 2 N–H and O–H groups in total. The van der Waals surface area contributed by atoms with E-state index in [1.54, 1.807) is 12.1 Å². The molecule has 2 atom stereocenters. The van der Waals surface area contributed by atoms with Crippen LogP contribution in [0.3, 0.4) is 0 Å². The van der Waals surface area contributed by atoms with Crippen LogP contribution in [-0.2, 0) is 19.6 Å². The molecule has 4 heterocycles. The Morgan fingerprint density at radius 1 is 1.27 bits per heavy atom. The number of rotatable bonds is 4. The van der Waals surface area contributed by atoms with Crippen LogP contribution >= 0.6 is 0 Å². The van der Waals surface area contributed by atoms with Gasteiger partial charge in [-0.1, -0.05) is 13.0 Å². The normalized spacial score (nSPS) is 25.3. The number of fused-ring (bicyclic) bond motifs is 2. The van der Waals surface area contributed by atoms with E-state index in [0.717, 1.165) is 26.1 Å². The van der Waals surface area contributed by atoms with Crippen molar-refractivity contribution in [2.75, 3.05) is 32.7 Å². The second-order valence-corrected chi connectivity index (χ2v) is 10.4. The van der Waals surface area contributed by atoms with E-state index in [2.05, 4.69) is 22.1 Å². The van der Waals surface area contributed by atoms with Gasteiger partial charge in [-0.15, -0.1) is 0 Å². The fraction of sp³-hybridized carbons (Fsp3) is 0.650. The Morgan fingerprint density at radius 2 is 1.91 bits per heavy atom. The summed E-state index contributed by atoms with van der Waals surface area (Å²) in [6, 6.07) is 4.93. The molecule has 0 aromatic carbocycles. The van der Waals surface area contributed by atoms with Crippen molar-refractivity contribution in [3.63, 3.8) is 0 Å². The molecule has 13 heteroatoms. The molecule has 1 spiro atoms. The van der Waals surface area contributed by atoms with Crippen LogP contribution in [0.2, 0.25) is 0 Å². The number of carboxylic acids is 1. The standard InChI is InChI=1S/C18H26N4O3S.C2HF3O2/c1-2-9-21-12-14-15(13-21)18(20-17(14)23)6-10-22(11-7-18)26(24,25)16-5-3-4-8-19-16;3-2(4,5)1(6)7/h3-5,8,14-15H,2,6-7,9-13H2,1H3,(H,20,23);(H,6,7)/t14-,15+;/m1./s1. The Morgan fingerprint density at radius 3 is 2.42 bits per heavy atom. The zero-order valence-corrected chi connectivity index (χ0v) is 18.9. The summed E-state index contributed by atoms with van der Waals surface area (Å²) < 4.78 is 58.8. The van der Waals surface area contributed by atoms with Crippen molar-refractivity contribution in [2.24, 2.45) is 11.8 Å². The molecule has 0 aliphatic carbocycles. The number of carboxylic acid groups (broad SMARTS) is 1. The largest absolute Gasteiger partial charge is 0.490 e. The van der Waals surface area contributed by atoms with Crippen molar-refractivity contribution in [2.45, 2.75) is 42.9 Å². The van der Waals surface area contributed by atoms with Gasteiger partial charge in [-0.05, 0) is 37.9 Å². The Hall–Kier alpha value is -2.25. The molecule has 9 nitrogen and oxygen atoms in total. The number of carbonyl (C=O) groups is 2. The zero-order valence-electron chi connectivity index (χ0n) is 18.1. The zero-order chi connectivity index (χ0) is 24.4. The van der Waals surface area contributed by atoms with E-state index in [0.29, 0.717) is 31.8 Å². The summed E-state index contributed by atoms with van der Waals surface area (Å²) in [4.78, 5) is 27.8. The molecule has 0 unspecified atom stereocenters. The van der Waals surface area contributed by atoms with E-state index in [1.807, 2.05) is 0 Å². The molecule has 184 valence electrons. The van der Waals surface area contributed by atoms with Gasteiger partial charge < -0.3 is 15.3 Å². The maximum atomic E-state index is 12.8. The van der Waals surface area contributed by atoms with Crippen LogP contribution in [0.4, 0.5) is 13.2 Å². The maximum Gasteiger partial charge on any atom is 0.490 e. The van der Waals surface area contributed by atoms with Gasteiger partial charge in [0.25, 0.3) is 10.0 Å². The van der Waals surface area contributed by atoms with Gasteiger partial charge in [-0.2, -0.15) is 17.5 Å². The number of piperidine rings is 1. The number of carbonyl (C=O) groups excluding carboxylic acids is 1. The molecule has 3 aliphatic rings. The van der Waals surface area contributed by atoms with E-state index in [4.69, 9.17) is 9.90 Å². The van der Waals surface area contributed by atoms with E-state index in [1.165, 1.54) is 16.6 Å². The topological polar surface area (TPSA) is 120 Å². The molecule has 3 saturated heterocycles. The second kappa shape index (κ2) is 9.55. The van der Waals surface area contributed by atoms with Gasteiger partial charge in [0.05, 0.1) is 5.92 Å². The second-order valence-electron chi connectivity index (χ2n) is 8.49. The average Bonchev–Trinajstić information content (AvgIpc) is 3.29. The number of hydrogen-bond donors (Lipinski definition) is 2. The summed E-state index contributed by atoms with van der Waals surface area (Å²) in [6.07, 6.45) is -1.15. The average molecular weight is 493 g/mol. The maximum absolute atomic E-state index is 12.8. The first-order valence-electron chi connectivity index (χ1n) is 10.7. The number of sulfonamides is 1. The van der Waals surface area contributed by atoms with Gasteiger partial charge in [0.2, 0.25) is 5.91 Å². The molecule has 4 rings (SSSR count). The summed E-state index contributed by atoms with van der Waals surface area (Å²) in [6.45, 7) is 5.81. The molecule has 1 amide bonds. The van der Waals surface area contributed by atoms with Gasteiger partial charge >= 0.3 is 12.1 Å². The van der Waals surface area contributed by atoms with Crippen molar-refractivity contribution in [1.29, 1.82) is 0 Å². The van der Waals surface area contributed by atoms with Gasteiger partial charge in [-0.25, -0.2) is 18.2 Å². The van der Waals surface area contributed by atoms with Gasteiger partial charge in [0.15, 0.2) is 5.03 Å². The van der Waals surface area contributed by atoms with E-state index in [-0.39, 0.29) is 22.4 Å². The lowest BCUT2D eigenvalue weighted by molar-refractivity contribution is -0.192. The molecule has 33 heavy (non-hydrogen) atoms. The van der Waals surface area contributed by atoms with E-state index in [9.17, 15) is 26.4 Å². The monoisotopic (exact) mass is 492 g/mol. The first-order chi connectivity index (χ1) is 15.4. The summed E-state index contributed by atoms with van der Waals surface area (Å²) in [7, 11) is -3.56. The lowest BCUT2D eigenvalue weighted by Gasteiger charge is -2.42. The summed E-state index contributed by atoms with van der Waals surface area (Å²) in [5.41, 5.74) is -0.250. The van der Waals surface area contributed by atoms with Crippen molar-refractivity contribution in [3.05, 3.63) is 24.4 Å². The Kier molecular flexibility index (Phi) is 7.34. The van der Waals surface area contributed by atoms with Gasteiger partial charge in [0.1, 0.15) is 0 Å². The fourth-order valence-corrected chi connectivity index (χ4v) is 6.27. The summed E-state index contributed by atoms with van der Waals surface area (Å²) in [5.74, 6) is -2.26. The molecular formula is C20H27F3N4O5S. The van der Waals surface area contributed by atoms with Crippen LogP contribution in [0.25, 0.3) is 0 Å². The number of amides is 1. The number of nitrogens with one attached hydrogen (secondary N) is 1. The third kappa shape index (κ3) is 5.30. The van der Waals surface area contributed by atoms with Crippen LogP contribution in [0.15, 0.2) is 29.4 Å². The van der Waals surface area contributed by atoms with Gasteiger partial charge in [-0.3, -0.25) is 4.79 Å². The number of nitrogens with zero attached hydrogens (tertiary/aromatic N) is 3. The van der Waals surface area contributed by atoms with E-state index >= 15 is 0 Å². The SMILES string of the molecule is CCCN1C[C@H]2C(=O)NC3(CCN(S(=O)(=O)c4ccccn4)CC3)[C@H]2C1.O=C(O)C(F)(F)F.